The molecule has 0 aromatic heterocycles. The van der Waals surface area contributed by atoms with E-state index < -0.39 is 0 Å². The normalized spacial score (nSPS) is 10.8. The largest absolute Gasteiger partial charge is 0.399 e. The van der Waals surface area contributed by atoms with Crippen molar-refractivity contribution in [3.8, 4) is 0 Å². The van der Waals surface area contributed by atoms with Crippen LogP contribution in [-0.4, -0.2) is 32.7 Å². The molecule has 176 valence electrons. The maximum atomic E-state index is 6.54. The number of hydrogen-bond acceptors (Lipinski definition) is 5. The van der Waals surface area contributed by atoms with Crippen molar-refractivity contribution in [1.29, 1.82) is 0 Å². The zero-order chi connectivity index (χ0) is 23.8. The van der Waals surface area contributed by atoms with Gasteiger partial charge in [-0.2, -0.15) is 0 Å². The van der Waals surface area contributed by atoms with Crippen LogP contribution in [0.3, 0.4) is 0 Å². The van der Waals surface area contributed by atoms with Crippen molar-refractivity contribution in [3.63, 3.8) is 0 Å². The zero-order valence-electron chi connectivity index (χ0n) is 20.6. The van der Waals surface area contributed by atoms with Crippen molar-refractivity contribution in [2.45, 2.75) is 34.1 Å². The number of benzene rings is 3. The van der Waals surface area contributed by atoms with Gasteiger partial charge in [-0.15, -0.1) is 0 Å². The molecule has 5 nitrogen and oxygen atoms in total. The third kappa shape index (κ3) is 5.72. The van der Waals surface area contributed by atoms with E-state index in [0.717, 1.165) is 61.9 Å². The number of anilines is 6. The lowest BCUT2D eigenvalue weighted by atomic mass is 10.1. The van der Waals surface area contributed by atoms with Gasteiger partial charge in [-0.3, -0.25) is 0 Å². The van der Waals surface area contributed by atoms with Crippen LogP contribution in [0.25, 0.3) is 0 Å². The Morgan fingerprint density at radius 2 is 1.30 bits per heavy atom. The molecule has 0 spiro atoms. The molecule has 33 heavy (non-hydrogen) atoms. The Balaban J connectivity index is 2.00. The van der Waals surface area contributed by atoms with Gasteiger partial charge in [0.25, 0.3) is 0 Å². The first kappa shape index (κ1) is 24.3. The molecule has 0 saturated heterocycles. The van der Waals surface area contributed by atoms with Crippen LogP contribution in [0.4, 0.5) is 34.1 Å². The topological polar surface area (TPSA) is 61.8 Å². The molecular weight excluding hydrogens is 406 g/mol. The van der Waals surface area contributed by atoms with Gasteiger partial charge in [0.2, 0.25) is 0 Å². The Bertz CT molecular complexity index is 1010. The van der Waals surface area contributed by atoms with Crippen molar-refractivity contribution in [3.05, 3.63) is 72.3 Å². The Hall–Kier alpha value is -3.34. The molecular formula is C28H39N5. The van der Waals surface area contributed by atoms with Gasteiger partial charge in [0.1, 0.15) is 0 Å². The molecule has 0 radical (unpaired) electrons. The fourth-order valence-corrected chi connectivity index (χ4v) is 4.46. The molecule has 0 aliphatic carbocycles. The van der Waals surface area contributed by atoms with Crippen molar-refractivity contribution in [2.24, 2.45) is 0 Å². The average molecular weight is 446 g/mol. The fraction of sp³-hybridized carbons (Fsp3) is 0.357. The molecule has 0 aliphatic heterocycles. The zero-order valence-corrected chi connectivity index (χ0v) is 20.6. The number of nitrogen functional groups attached to an aromatic ring is 2. The Kier molecular flexibility index (Phi) is 8.47. The summed E-state index contributed by atoms with van der Waals surface area (Å²) in [7, 11) is 0. The van der Waals surface area contributed by atoms with Crippen LogP contribution in [0, 0.1) is 0 Å². The second-order valence-electron chi connectivity index (χ2n) is 8.21. The maximum Gasteiger partial charge on any atom is 0.0665 e. The van der Waals surface area contributed by atoms with Crippen LogP contribution in [0.15, 0.2) is 66.7 Å². The lowest BCUT2D eigenvalue weighted by Crippen LogP contribution is -2.26. The molecule has 0 saturated carbocycles. The molecule has 3 aromatic rings. The maximum absolute atomic E-state index is 6.54. The van der Waals surface area contributed by atoms with E-state index in [4.69, 9.17) is 11.5 Å². The summed E-state index contributed by atoms with van der Waals surface area (Å²) < 4.78 is 0. The molecule has 5 heteroatoms. The summed E-state index contributed by atoms with van der Waals surface area (Å²) in [6, 6.07) is 23.1. The summed E-state index contributed by atoms with van der Waals surface area (Å²) in [4.78, 5) is 7.07. The third-order valence-electron chi connectivity index (χ3n) is 6.31. The summed E-state index contributed by atoms with van der Waals surface area (Å²) in [5.74, 6) is 0. The highest BCUT2D eigenvalue weighted by molar-refractivity contribution is 5.79. The smallest absolute Gasteiger partial charge is 0.0665 e. The molecule has 3 aromatic carbocycles. The van der Waals surface area contributed by atoms with Crippen molar-refractivity contribution < 1.29 is 0 Å². The van der Waals surface area contributed by atoms with Gasteiger partial charge in [0.05, 0.1) is 11.4 Å². The Morgan fingerprint density at radius 1 is 0.636 bits per heavy atom. The highest BCUT2D eigenvalue weighted by atomic mass is 15.2. The van der Waals surface area contributed by atoms with Gasteiger partial charge in [0.15, 0.2) is 0 Å². The van der Waals surface area contributed by atoms with E-state index in [1.807, 2.05) is 18.2 Å². The van der Waals surface area contributed by atoms with Crippen LogP contribution in [-0.2, 0) is 6.42 Å². The molecule has 0 fully saturated rings. The number of hydrogen-bond donors (Lipinski definition) is 2. The van der Waals surface area contributed by atoms with Crippen molar-refractivity contribution in [1.82, 2.24) is 0 Å². The second-order valence-corrected chi connectivity index (χ2v) is 8.21. The minimum atomic E-state index is 0.784. The van der Waals surface area contributed by atoms with Gasteiger partial charge in [0, 0.05) is 55.5 Å². The van der Waals surface area contributed by atoms with E-state index in [2.05, 4.69) is 90.9 Å². The van der Waals surface area contributed by atoms with E-state index in [0.29, 0.717) is 0 Å². The molecule has 0 bridgehead atoms. The first-order valence-corrected chi connectivity index (χ1v) is 12.1. The monoisotopic (exact) mass is 445 g/mol. The quantitative estimate of drug-likeness (QED) is 0.359. The van der Waals surface area contributed by atoms with Crippen LogP contribution in [0.1, 0.15) is 33.3 Å². The molecule has 0 atom stereocenters. The average Bonchev–Trinajstić information content (AvgIpc) is 2.84. The molecule has 0 heterocycles. The van der Waals surface area contributed by atoms with Crippen LogP contribution in [0.2, 0.25) is 0 Å². The number of nitrogens with zero attached hydrogens (tertiary/aromatic N) is 3. The summed E-state index contributed by atoms with van der Waals surface area (Å²) in [5, 5.41) is 0. The standard InChI is InChI=1S/C28H39N5/c1-5-31(6-2)25-15-16-26(30)28(21-25)33(24-12-10-9-11-13-24)19-18-22-20-23(29)14-17-27(22)32(7-3)8-4/h9-17,20-21H,5-8,18-19,29-30H2,1-4H3. The predicted octanol–water partition coefficient (Wildman–Crippen LogP) is 5.92. The summed E-state index contributed by atoms with van der Waals surface area (Å²) in [6.45, 7) is 13.4. The lowest BCUT2D eigenvalue weighted by Gasteiger charge is -2.30. The Labute approximate surface area is 199 Å². The summed E-state index contributed by atoms with van der Waals surface area (Å²) in [6.07, 6.45) is 0.862. The van der Waals surface area contributed by atoms with E-state index in [9.17, 15) is 0 Å². The first-order chi connectivity index (χ1) is 16.0. The summed E-state index contributed by atoms with van der Waals surface area (Å²) >= 11 is 0. The highest BCUT2D eigenvalue weighted by Gasteiger charge is 2.17. The van der Waals surface area contributed by atoms with Gasteiger partial charge in [-0.05, 0) is 88.2 Å². The van der Waals surface area contributed by atoms with Gasteiger partial charge < -0.3 is 26.2 Å². The fourth-order valence-electron chi connectivity index (χ4n) is 4.46. The molecule has 4 N–H and O–H groups in total. The molecule has 3 rings (SSSR count). The second kappa shape index (κ2) is 11.5. The van der Waals surface area contributed by atoms with E-state index in [-0.39, 0.29) is 0 Å². The van der Waals surface area contributed by atoms with E-state index in [1.54, 1.807) is 0 Å². The van der Waals surface area contributed by atoms with Gasteiger partial charge in [-0.1, -0.05) is 18.2 Å². The van der Waals surface area contributed by atoms with Crippen molar-refractivity contribution >= 4 is 34.1 Å². The van der Waals surface area contributed by atoms with E-state index in [1.165, 1.54) is 16.9 Å². The minimum Gasteiger partial charge on any atom is -0.399 e. The molecule has 0 aliphatic rings. The van der Waals surface area contributed by atoms with Crippen LogP contribution in [0.5, 0.6) is 0 Å². The number of para-hydroxylation sites is 1. The highest BCUT2D eigenvalue weighted by Crippen LogP contribution is 2.35. The predicted molar refractivity (Wildman–Crippen MR) is 146 cm³/mol. The van der Waals surface area contributed by atoms with Crippen molar-refractivity contribution in [2.75, 3.05) is 58.9 Å². The van der Waals surface area contributed by atoms with Crippen LogP contribution < -0.4 is 26.2 Å². The third-order valence-corrected chi connectivity index (χ3v) is 6.31. The first-order valence-electron chi connectivity index (χ1n) is 12.1. The molecule has 0 amide bonds. The van der Waals surface area contributed by atoms with Gasteiger partial charge in [-0.25, -0.2) is 0 Å². The lowest BCUT2D eigenvalue weighted by molar-refractivity contribution is 0.842. The summed E-state index contributed by atoms with van der Waals surface area (Å²) in [5.41, 5.74) is 20.2. The van der Waals surface area contributed by atoms with E-state index >= 15 is 0 Å². The SMILES string of the molecule is CCN(CC)c1ccc(N)c(N(CCc2cc(N)ccc2N(CC)CC)c2ccccc2)c1. The molecule has 0 unspecified atom stereocenters. The number of nitrogens with two attached hydrogens (primary N) is 2. The van der Waals surface area contributed by atoms with Gasteiger partial charge >= 0.3 is 0 Å². The minimum absolute atomic E-state index is 0.784. The van der Waals surface area contributed by atoms with Crippen LogP contribution >= 0.6 is 0 Å². The number of rotatable bonds is 11. The Morgan fingerprint density at radius 3 is 1.94 bits per heavy atom.